The number of para-hydroxylation sites is 1. The first-order valence-electron chi connectivity index (χ1n) is 6.68. The lowest BCUT2D eigenvalue weighted by molar-refractivity contribution is 0.505. The Labute approximate surface area is 141 Å². The van der Waals surface area contributed by atoms with Crippen molar-refractivity contribution >= 4 is 48.4 Å². The number of aromatic nitrogens is 2. The van der Waals surface area contributed by atoms with E-state index >= 15 is 0 Å². The fraction of sp³-hybridized carbons (Fsp3) is 0.0625. The van der Waals surface area contributed by atoms with Crippen LogP contribution >= 0.6 is 27.3 Å². The topological polar surface area (TPSA) is 28.7 Å². The smallest absolute Gasteiger partial charge is 0.186 e. The van der Waals surface area contributed by atoms with E-state index in [9.17, 15) is 13.2 Å². The maximum Gasteiger partial charge on any atom is 0.186 e. The van der Waals surface area contributed by atoms with Gasteiger partial charge in [0.25, 0.3) is 0 Å². The quantitative estimate of drug-likeness (QED) is 0.396. The van der Waals surface area contributed by atoms with Crippen LogP contribution in [0, 0.1) is 24.4 Å². The number of halogens is 4. The Balaban J connectivity index is 2.08. The Kier molecular flexibility index (Phi) is 3.24. The number of thiazole rings is 1. The predicted octanol–water partition coefficient (Wildman–Crippen LogP) is 5.93. The molecule has 0 atom stereocenters. The fourth-order valence-electron chi connectivity index (χ4n) is 2.68. The number of benzene rings is 2. The Hall–Kier alpha value is -1.86. The highest BCUT2D eigenvalue weighted by molar-refractivity contribution is 9.10. The fourth-order valence-corrected chi connectivity index (χ4v) is 4.23. The van der Waals surface area contributed by atoms with E-state index in [0.29, 0.717) is 11.1 Å². The number of hydrogen-bond donors (Lipinski definition) is 1. The van der Waals surface area contributed by atoms with Crippen molar-refractivity contribution in [2.45, 2.75) is 6.92 Å². The highest BCUT2D eigenvalue weighted by Gasteiger charge is 2.21. The molecule has 23 heavy (non-hydrogen) atoms. The van der Waals surface area contributed by atoms with Crippen molar-refractivity contribution < 1.29 is 13.2 Å². The van der Waals surface area contributed by atoms with Crippen molar-refractivity contribution in [1.29, 1.82) is 0 Å². The van der Waals surface area contributed by atoms with Gasteiger partial charge in [-0.2, -0.15) is 0 Å². The maximum absolute atomic E-state index is 13.9. The molecule has 0 spiro atoms. The van der Waals surface area contributed by atoms with Crippen LogP contribution in [0.3, 0.4) is 0 Å². The van der Waals surface area contributed by atoms with Gasteiger partial charge in [-0.15, -0.1) is 11.3 Å². The minimum atomic E-state index is -1.23. The van der Waals surface area contributed by atoms with Gasteiger partial charge in [0, 0.05) is 27.2 Å². The highest BCUT2D eigenvalue weighted by atomic mass is 79.9. The number of rotatable bonds is 1. The summed E-state index contributed by atoms with van der Waals surface area (Å²) >= 11 is 4.48. The van der Waals surface area contributed by atoms with E-state index in [4.69, 9.17) is 0 Å². The first-order valence-corrected chi connectivity index (χ1v) is 8.29. The predicted molar refractivity (Wildman–Crippen MR) is 89.2 cm³/mol. The second kappa shape index (κ2) is 5.07. The van der Waals surface area contributed by atoms with Gasteiger partial charge in [0.15, 0.2) is 11.6 Å². The SMILES string of the molecule is Cc1[nH]c2c(Br)cccc2c1-c1nc2c(F)c(F)cc(F)c2s1. The summed E-state index contributed by atoms with van der Waals surface area (Å²) in [6.45, 7) is 1.86. The number of hydrogen-bond acceptors (Lipinski definition) is 2. The molecule has 0 fully saturated rings. The molecule has 1 N–H and O–H groups in total. The van der Waals surface area contributed by atoms with Crippen LogP contribution in [0.25, 0.3) is 31.7 Å². The van der Waals surface area contributed by atoms with Crippen LogP contribution in [0.1, 0.15) is 5.69 Å². The van der Waals surface area contributed by atoms with Gasteiger partial charge >= 0.3 is 0 Å². The molecule has 0 bridgehead atoms. The lowest BCUT2D eigenvalue weighted by Crippen LogP contribution is -1.88. The van der Waals surface area contributed by atoms with Crippen LogP contribution in [0.15, 0.2) is 28.7 Å². The van der Waals surface area contributed by atoms with Crippen LogP contribution in [-0.4, -0.2) is 9.97 Å². The summed E-state index contributed by atoms with van der Waals surface area (Å²) in [7, 11) is 0. The number of nitrogens with zero attached hydrogens (tertiary/aromatic N) is 1. The molecule has 116 valence electrons. The molecule has 2 nitrogen and oxygen atoms in total. The summed E-state index contributed by atoms with van der Waals surface area (Å²) in [5, 5.41) is 1.34. The van der Waals surface area contributed by atoms with E-state index in [0.717, 1.165) is 38.0 Å². The molecule has 0 unspecified atom stereocenters. The Bertz CT molecular complexity index is 1080. The van der Waals surface area contributed by atoms with Gasteiger partial charge in [-0.3, -0.25) is 0 Å². The van der Waals surface area contributed by atoms with Crippen LogP contribution < -0.4 is 0 Å². The number of aryl methyl sites for hydroxylation is 1. The van der Waals surface area contributed by atoms with Crippen molar-refractivity contribution in [3.05, 3.63) is 51.9 Å². The van der Waals surface area contributed by atoms with Gasteiger partial charge in [0.1, 0.15) is 16.3 Å². The zero-order chi connectivity index (χ0) is 16.3. The maximum atomic E-state index is 13.9. The number of fused-ring (bicyclic) bond motifs is 2. The van der Waals surface area contributed by atoms with Gasteiger partial charge in [0.2, 0.25) is 0 Å². The van der Waals surface area contributed by atoms with E-state index < -0.39 is 17.5 Å². The average Bonchev–Trinajstić information content (AvgIpc) is 3.07. The molecule has 0 saturated carbocycles. The second-order valence-electron chi connectivity index (χ2n) is 5.14. The van der Waals surface area contributed by atoms with Gasteiger partial charge in [-0.05, 0) is 28.9 Å². The summed E-state index contributed by atoms with van der Waals surface area (Å²) in [6.07, 6.45) is 0. The van der Waals surface area contributed by atoms with Gasteiger partial charge in [-0.1, -0.05) is 12.1 Å². The highest BCUT2D eigenvalue weighted by Crippen LogP contribution is 2.40. The Morgan fingerprint density at radius 1 is 1.17 bits per heavy atom. The zero-order valence-electron chi connectivity index (χ0n) is 11.7. The number of aromatic amines is 1. The molecule has 0 aliphatic rings. The van der Waals surface area contributed by atoms with Gasteiger partial charge in [0.05, 0.1) is 10.2 Å². The van der Waals surface area contributed by atoms with Crippen molar-refractivity contribution in [3.63, 3.8) is 0 Å². The minimum Gasteiger partial charge on any atom is -0.357 e. The van der Waals surface area contributed by atoms with Crippen molar-refractivity contribution in [2.24, 2.45) is 0 Å². The van der Waals surface area contributed by atoms with Crippen molar-refractivity contribution in [2.75, 3.05) is 0 Å². The third-order valence-electron chi connectivity index (χ3n) is 3.70. The van der Waals surface area contributed by atoms with Gasteiger partial charge in [-0.25, -0.2) is 18.2 Å². The molecule has 4 rings (SSSR count). The normalized spacial score (nSPS) is 11.7. The second-order valence-corrected chi connectivity index (χ2v) is 6.99. The third-order valence-corrected chi connectivity index (χ3v) is 5.44. The standard InChI is InChI=1S/C16H8BrF3N2S/c1-6-11(7-3-2-4-8(17)13(7)21-6)16-22-14-12(20)9(18)5-10(19)15(14)23-16/h2-5,21H,1H3. The monoisotopic (exact) mass is 396 g/mol. The molecular formula is C16H8BrF3N2S. The van der Waals surface area contributed by atoms with E-state index in [1.54, 1.807) is 0 Å². The molecule has 0 amide bonds. The number of H-pyrrole nitrogens is 1. The van der Waals surface area contributed by atoms with E-state index in [2.05, 4.69) is 25.9 Å². The molecule has 7 heteroatoms. The Morgan fingerprint density at radius 2 is 1.96 bits per heavy atom. The molecule has 2 aromatic heterocycles. The lowest BCUT2D eigenvalue weighted by atomic mass is 10.1. The molecule has 4 aromatic rings. The van der Waals surface area contributed by atoms with Crippen molar-refractivity contribution in [3.8, 4) is 10.6 Å². The average molecular weight is 397 g/mol. The van der Waals surface area contributed by atoms with E-state index in [1.807, 2.05) is 25.1 Å². The minimum absolute atomic E-state index is 0.0163. The summed E-state index contributed by atoms with van der Waals surface area (Å²) in [6, 6.07) is 6.23. The molecule has 0 aliphatic carbocycles. The van der Waals surface area contributed by atoms with Crippen molar-refractivity contribution in [1.82, 2.24) is 9.97 Å². The molecule has 0 saturated heterocycles. The first-order chi connectivity index (χ1) is 11.0. The Morgan fingerprint density at radius 3 is 2.74 bits per heavy atom. The molecule has 0 aliphatic heterocycles. The summed E-state index contributed by atoms with van der Waals surface area (Å²) < 4.78 is 42.1. The summed E-state index contributed by atoms with van der Waals surface area (Å²) in [5.41, 5.74) is 2.20. The molecular weight excluding hydrogens is 389 g/mol. The van der Waals surface area contributed by atoms with Crippen LogP contribution in [-0.2, 0) is 0 Å². The van der Waals surface area contributed by atoms with E-state index in [-0.39, 0.29) is 10.2 Å². The molecule has 2 aromatic carbocycles. The largest absolute Gasteiger partial charge is 0.357 e. The lowest BCUT2D eigenvalue weighted by Gasteiger charge is -1.96. The van der Waals surface area contributed by atoms with Crippen LogP contribution in [0.2, 0.25) is 0 Å². The zero-order valence-corrected chi connectivity index (χ0v) is 14.1. The summed E-state index contributed by atoms with van der Waals surface area (Å²) in [4.78, 5) is 7.38. The first kappa shape index (κ1) is 14.7. The molecule has 0 radical (unpaired) electrons. The number of nitrogens with one attached hydrogen (secondary N) is 1. The summed E-state index contributed by atoms with van der Waals surface area (Å²) in [5.74, 6) is -3.16. The van der Waals surface area contributed by atoms with Crippen LogP contribution in [0.5, 0.6) is 0 Å². The van der Waals surface area contributed by atoms with Crippen LogP contribution in [0.4, 0.5) is 13.2 Å². The van der Waals surface area contributed by atoms with E-state index in [1.165, 1.54) is 0 Å². The molecule has 2 heterocycles. The van der Waals surface area contributed by atoms with Gasteiger partial charge < -0.3 is 4.98 Å². The third kappa shape index (κ3) is 2.10.